The lowest BCUT2D eigenvalue weighted by molar-refractivity contribution is 0.368. The van der Waals surface area contributed by atoms with E-state index >= 15 is 0 Å². The Balaban J connectivity index is 3.31. The third-order valence-corrected chi connectivity index (χ3v) is 6.81. The summed E-state index contributed by atoms with van der Waals surface area (Å²) in [4.78, 5) is 0.295. The molecular formula is C14H23BrN2O2S. The first-order chi connectivity index (χ1) is 9.25. The minimum Gasteiger partial charge on any atom is -0.326 e. The Hall–Kier alpha value is -0.430. The summed E-state index contributed by atoms with van der Waals surface area (Å²) in [5, 5.41) is 0. The largest absolute Gasteiger partial charge is 0.326 e. The summed E-state index contributed by atoms with van der Waals surface area (Å²) in [5.41, 5.74) is 7.34. The zero-order chi connectivity index (χ0) is 15.5. The Morgan fingerprint density at radius 1 is 1.40 bits per heavy atom. The molecule has 0 spiro atoms. The number of rotatable bonds is 6. The van der Waals surface area contributed by atoms with Crippen molar-refractivity contribution < 1.29 is 8.42 Å². The van der Waals surface area contributed by atoms with Gasteiger partial charge in [-0.1, -0.05) is 19.4 Å². The summed E-state index contributed by atoms with van der Waals surface area (Å²) in [7, 11) is -1.88. The van der Waals surface area contributed by atoms with Crippen LogP contribution in [0, 0.1) is 6.92 Å². The minimum absolute atomic E-state index is 0.0289. The number of hydrogen-bond donors (Lipinski definition) is 1. The van der Waals surface area contributed by atoms with E-state index in [0.717, 1.165) is 24.0 Å². The van der Waals surface area contributed by atoms with Crippen molar-refractivity contribution in [2.24, 2.45) is 5.73 Å². The molecule has 0 heterocycles. The van der Waals surface area contributed by atoms with Gasteiger partial charge in [0.2, 0.25) is 10.0 Å². The van der Waals surface area contributed by atoms with Crippen molar-refractivity contribution >= 4 is 26.0 Å². The molecule has 0 amide bonds. The lowest BCUT2D eigenvalue weighted by Crippen LogP contribution is -2.35. The van der Waals surface area contributed by atoms with E-state index in [9.17, 15) is 8.42 Å². The van der Waals surface area contributed by atoms with Gasteiger partial charge in [0.25, 0.3) is 0 Å². The van der Waals surface area contributed by atoms with Crippen LogP contribution in [0.1, 0.15) is 37.8 Å². The van der Waals surface area contributed by atoms with Crippen molar-refractivity contribution in [2.75, 3.05) is 7.05 Å². The van der Waals surface area contributed by atoms with Crippen LogP contribution in [0.5, 0.6) is 0 Å². The van der Waals surface area contributed by atoms with Crippen LogP contribution in [0.15, 0.2) is 21.5 Å². The highest BCUT2D eigenvalue weighted by atomic mass is 79.9. The predicted octanol–water partition coefficient (Wildman–Crippen LogP) is 3.03. The summed E-state index contributed by atoms with van der Waals surface area (Å²) in [6.45, 7) is 6.17. The van der Waals surface area contributed by atoms with Crippen molar-refractivity contribution in [1.29, 1.82) is 0 Å². The highest BCUT2D eigenvalue weighted by Gasteiger charge is 2.27. The fourth-order valence-electron chi connectivity index (χ4n) is 2.11. The van der Waals surface area contributed by atoms with Gasteiger partial charge in [0.1, 0.15) is 0 Å². The van der Waals surface area contributed by atoms with Crippen LogP contribution in [0.2, 0.25) is 0 Å². The summed E-state index contributed by atoms with van der Waals surface area (Å²) < 4.78 is 27.5. The molecule has 1 atom stereocenters. The standard InChI is InChI=1S/C14H23BrN2O2S/c1-5-6-11(3)17(4)20(18,19)13-8-12(9-16)7-10(2)14(13)15/h7-8,11H,5-6,9,16H2,1-4H3. The third kappa shape index (κ3) is 3.61. The van der Waals surface area contributed by atoms with Gasteiger partial charge in [0.15, 0.2) is 0 Å². The molecule has 4 nitrogen and oxygen atoms in total. The number of sulfonamides is 1. The van der Waals surface area contributed by atoms with Crippen LogP contribution in [-0.2, 0) is 16.6 Å². The molecule has 1 unspecified atom stereocenters. The highest BCUT2D eigenvalue weighted by molar-refractivity contribution is 9.10. The van der Waals surface area contributed by atoms with Gasteiger partial charge in [-0.25, -0.2) is 8.42 Å². The van der Waals surface area contributed by atoms with Crippen LogP contribution in [-0.4, -0.2) is 25.8 Å². The summed E-state index contributed by atoms with van der Waals surface area (Å²) >= 11 is 3.39. The fourth-order valence-corrected chi connectivity index (χ4v) is 4.53. The molecule has 0 aliphatic carbocycles. The second-order valence-electron chi connectivity index (χ2n) is 5.09. The van der Waals surface area contributed by atoms with E-state index in [1.807, 2.05) is 26.8 Å². The van der Waals surface area contributed by atoms with E-state index in [-0.39, 0.29) is 6.04 Å². The number of hydrogen-bond acceptors (Lipinski definition) is 3. The molecule has 1 aromatic carbocycles. The first-order valence-corrected chi connectivity index (χ1v) is 8.96. The summed E-state index contributed by atoms with van der Waals surface area (Å²) in [6.07, 6.45) is 1.78. The molecule has 0 aliphatic heterocycles. The van der Waals surface area contributed by atoms with Crippen LogP contribution in [0.4, 0.5) is 0 Å². The van der Waals surface area contributed by atoms with Gasteiger partial charge in [-0.2, -0.15) is 4.31 Å². The molecule has 1 rings (SSSR count). The molecule has 0 saturated carbocycles. The van der Waals surface area contributed by atoms with Gasteiger partial charge in [-0.15, -0.1) is 0 Å². The summed E-state index contributed by atoms with van der Waals surface area (Å²) in [6, 6.07) is 3.53. The second-order valence-corrected chi connectivity index (χ2v) is 7.85. The normalized spacial score (nSPS) is 13.8. The molecule has 0 radical (unpaired) electrons. The molecule has 20 heavy (non-hydrogen) atoms. The van der Waals surface area contributed by atoms with Crippen LogP contribution >= 0.6 is 15.9 Å². The number of aryl methyl sites for hydroxylation is 1. The minimum atomic E-state index is -3.52. The average molecular weight is 363 g/mol. The predicted molar refractivity (Wildman–Crippen MR) is 86.1 cm³/mol. The zero-order valence-electron chi connectivity index (χ0n) is 12.5. The van der Waals surface area contributed by atoms with Crippen molar-refractivity contribution in [2.45, 2.75) is 51.1 Å². The van der Waals surface area contributed by atoms with Crippen molar-refractivity contribution in [3.8, 4) is 0 Å². The first kappa shape index (κ1) is 17.6. The smallest absolute Gasteiger partial charge is 0.244 e. The van der Waals surface area contributed by atoms with E-state index in [1.165, 1.54) is 4.31 Å². The van der Waals surface area contributed by atoms with Crippen molar-refractivity contribution in [1.82, 2.24) is 4.31 Å². The first-order valence-electron chi connectivity index (χ1n) is 6.72. The quantitative estimate of drug-likeness (QED) is 0.845. The Bertz CT molecular complexity index is 573. The Morgan fingerprint density at radius 3 is 2.50 bits per heavy atom. The third-order valence-electron chi connectivity index (χ3n) is 3.50. The van der Waals surface area contributed by atoms with E-state index in [1.54, 1.807) is 13.1 Å². The monoisotopic (exact) mass is 362 g/mol. The topological polar surface area (TPSA) is 63.4 Å². The van der Waals surface area contributed by atoms with Gasteiger partial charge in [0, 0.05) is 24.1 Å². The van der Waals surface area contributed by atoms with Crippen molar-refractivity contribution in [3.63, 3.8) is 0 Å². The molecule has 0 saturated heterocycles. The van der Waals surface area contributed by atoms with E-state index in [4.69, 9.17) is 5.73 Å². The number of benzene rings is 1. The Labute approximate surface area is 130 Å². The van der Waals surface area contributed by atoms with Gasteiger partial charge in [-0.05, 0) is 53.4 Å². The Kier molecular flexibility index (Phi) is 6.19. The maximum atomic E-state index is 12.7. The van der Waals surface area contributed by atoms with Crippen molar-refractivity contribution in [3.05, 3.63) is 27.7 Å². The van der Waals surface area contributed by atoms with E-state index in [0.29, 0.717) is 15.9 Å². The van der Waals surface area contributed by atoms with Gasteiger partial charge >= 0.3 is 0 Å². The van der Waals surface area contributed by atoms with E-state index in [2.05, 4.69) is 15.9 Å². The summed E-state index contributed by atoms with van der Waals surface area (Å²) in [5.74, 6) is 0. The van der Waals surface area contributed by atoms with Gasteiger partial charge < -0.3 is 5.73 Å². The van der Waals surface area contributed by atoms with Gasteiger partial charge in [-0.3, -0.25) is 0 Å². The molecule has 0 bridgehead atoms. The molecule has 0 aliphatic rings. The van der Waals surface area contributed by atoms with E-state index < -0.39 is 10.0 Å². The molecule has 6 heteroatoms. The maximum absolute atomic E-state index is 12.7. The second kappa shape index (κ2) is 7.02. The maximum Gasteiger partial charge on any atom is 0.244 e. The van der Waals surface area contributed by atoms with Crippen LogP contribution in [0.25, 0.3) is 0 Å². The fraction of sp³-hybridized carbons (Fsp3) is 0.571. The SMILES string of the molecule is CCCC(C)N(C)S(=O)(=O)c1cc(CN)cc(C)c1Br. The zero-order valence-corrected chi connectivity index (χ0v) is 14.9. The number of nitrogens with two attached hydrogens (primary N) is 1. The average Bonchev–Trinajstić information content (AvgIpc) is 2.40. The lowest BCUT2D eigenvalue weighted by Gasteiger charge is -2.25. The number of nitrogens with zero attached hydrogens (tertiary/aromatic N) is 1. The molecular weight excluding hydrogens is 340 g/mol. The highest BCUT2D eigenvalue weighted by Crippen LogP contribution is 2.30. The molecule has 0 fully saturated rings. The van der Waals surface area contributed by atoms with Crippen LogP contribution < -0.4 is 5.73 Å². The molecule has 114 valence electrons. The van der Waals surface area contributed by atoms with Gasteiger partial charge in [0.05, 0.1) is 4.90 Å². The molecule has 1 aromatic rings. The Morgan fingerprint density at radius 2 is 2.00 bits per heavy atom. The number of halogens is 1. The molecule has 0 aromatic heterocycles. The lowest BCUT2D eigenvalue weighted by atomic mass is 10.1. The molecule has 2 N–H and O–H groups in total. The van der Waals surface area contributed by atoms with Crippen LogP contribution in [0.3, 0.4) is 0 Å².